The summed E-state index contributed by atoms with van der Waals surface area (Å²) in [5, 5.41) is 40.3. The summed E-state index contributed by atoms with van der Waals surface area (Å²) in [4.78, 5) is 0. The number of furan rings is 2. The van der Waals surface area contributed by atoms with E-state index in [9.17, 15) is 15.8 Å². The van der Waals surface area contributed by atoms with Crippen LogP contribution >= 0.6 is 0 Å². The van der Waals surface area contributed by atoms with Gasteiger partial charge < -0.3 is 18.0 Å². The van der Waals surface area contributed by atoms with E-state index in [1.165, 1.54) is 0 Å². The van der Waals surface area contributed by atoms with Crippen molar-refractivity contribution in [2.75, 3.05) is 0 Å². The third kappa shape index (κ3) is 4.18. The first-order valence-corrected chi connectivity index (χ1v) is 18.9. The molecule has 0 atom stereocenters. The van der Waals surface area contributed by atoms with Crippen molar-refractivity contribution < 1.29 is 8.83 Å². The van der Waals surface area contributed by atoms with Crippen LogP contribution in [0.5, 0.6) is 0 Å². The van der Waals surface area contributed by atoms with Gasteiger partial charge in [0.25, 0.3) is 0 Å². The first-order chi connectivity index (χ1) is 28.6. The molecule has 0 bridgehead atoms. The minimum absolute atomic E-state index is 0.199. The Morgan fingerprint density at radius 1 is 0.379 bits per heavy atom. The van der Waals surface area contributed by atoms with Crippen molar-refractivity contribution in [2.24, 2.45) is 0 Å². The largest absolute Gasteiger partial charge is 0.456 e. The van der Waals surface area contributed by atoms with Crippen LogP contribution in [0.25, 0.3) is 110 Å². The zero-order valence-corrected chi connectivity index (χ0v) is 30.5. The highest BCUT2D eigenvalue weighted by atomic mass is 16.3. The van der Waals surface area contributed by atoms with Crippen molar-refractivity contribution in [3.05, 3.63) is 168 Å². The minimum Gasteiger partial charge on any atom is -0.456 e. The van der Waals surface area contributed by atoms with Crippen molar-refractivity contribution in [3.8, 4) is 40.7 Å². The Kier molecular flexibility index (Phi) is 6.41. The Labute approximate surface area is 329 Å². The summed E-state index contributed by atoms with van der Waals surface area (Å²) in [5.74, 6) is 0. The number of aromatic nitrogens is 2. The Balaban J connectivity index is 1.19. The van der Waals surface area contributed by atoms with Crippen LogP contribution in [0.3, 0.4) is 0 Å². The SMILES string of the molecule is N#Cc1ccc(-n2c3ccccc3c3ccc4oc5ccccc5c4c32)cc1-c1cc(-n2c3ccccc3c3ccc4oc5ccccc5c4c32)cc(C#N)c1C#N. The van der Waals surface area contributed by atoms with Crippen LogP contribution < -0.4 is 0 Å². The van der Waals surface area contributed by atoms with Gasteiger partial charge in [-0.2, -0.15) is 15.8 Å². The summed E-state index contributed by atoms with van der Waals surface area (Å²) in [6, 6.07) is 57.3. The molecular weight excluding hydrogens is 715 g/mol. The Morgan fingerprint density at radius 3 is 1.43 bits per heavy atom. The first kappa shape index (κ1) is 31.7. The van der Waals surface area contributed by atoms with E-state index in [-0.39, 0.29) is 11.1 Å². The molecule has 0 amide bonds. The van der Waals surface area contributed by atoms with Gasteiger partial charge in [-0.25, -0.2) is 0 Å². The molecule has 7 nitrogen and oxygen atoms in total. The maximum Gasteiger partial charge on any atom is 0.137 e. The van der Waals surface area contributed by atoms with Gasteiger partial charge in [0.15, 0.2) is 0 Å². The molecule has 0 aliphatic heterocycles. The molecule has 0 aliphatic carbocycles. The Morgan fingerprint density at radius 2 is 0.879 bits per heavy atom. The number of hydrogen-bond donors (Lipinski definition) is 0. The normalized spacial score (nSPS) is 11.7. The number of fused-ring (bicyclic) bond motifs is 14. The smallest absolute Gasteiger partial charge is 0.137 e. The van der Waals surface area contributed by atoms with Crippen LogP contribution in [-0.4, -0.2) is 9.13 Å². The lowest BCUT2D eigenvalue weighted by atomic mass is 9.92. The second-order valence-corrected chi connectivity index (χ2v) is 14.6. The maximum atomic E-state index is 10.8. The second-order valence-electron chi connectivity index (χ2n) is 14.6. The predicted molar refractivity (Wildman–Crippen MR) is 229 cm³/mol. The molecule has 12 rings (SSSR count). The molecule has 0 N–H and O–H groups in total. The number of benzene rings is 8. The topological polar surface area (TPSA) is 108 Å². The van der Waals surface area contributed by atoms with E-state index < -0.39 is 0 Å². The molecule has 12 aromatic rings. The third-order valence-electron chi connectivity index (χ3n) is 11.6. The van der Waals surface area contributed by atoms with Gasteiger partial charge in [-0.3, -0.25) is 0 Å². The lowest BCUT2D eigenvalue weighted by Gasteiger charge is -2.16. The molecule has 0 saturated heterocycles. The van der Waals surface area contributed by atoms with Crippen molar-refractivity contribution in [1.82, 2.24) is 9.13 Å². The molecule has 0 spiro atoms. The fourth-order valence-corrected chi connectivity index (χ4v) is 9.24. The van der Waals surface area contributed by atoms with Gasteiger partial charge in [-0.05, 0) is 78.9 Å². The zero-order chi connectivity index (χ0) is 38.6. The Bertz CT molecular complexity index is 3910. The summed E-state index contributed by atoms with van der Waals surface area (Å²) >= 11 is 0. The van der Waals surface area contributed by atoms with E-state index in [0.29, 0.717) is 22.4 Å². The molecule has 266 valence electrons. The molecule has 58 heavy (non-hydrogen) atoms. The van der Waals surface area contributed by atoms with E-state index >= 15 is 0 Å². The number of rotatable bonds is 3. The number of hydrogen-bond acceptors (Lipinski definition) is 5. The molecule has 8 aromatic carbocycles. The van der Waals surface area contributed by atoms with E-state index in [1.54, 1.807) is 12.1 Å². The van der Waals surface area contributed by atoms with Gasteiger partial charge in [-0.1, -0.05) is 72.8 Å². The molecular formula is C51H25N5O2. The summed E-state index contributed by atoms with van der Waals surface area (Å²) in [6.45, 7) is 0. The summed E-state index contributed by atoms with van der Waals surface area (Å²) < 4.78 is 17.1. The molecule has 0 aliphatic rings. The molecule has 4 heterocycles. The zero-order valence-electron chi connectivity index (χ0n) is 30.5. The highest BCUT2D eigenvalue weighted by molar-refractivity contribution is 6.26. The molecule has 4 aromatic heterocycles. The van der Waals surface area contributed by atoms with Crippen molar-refractivity contribution in [1.29, 1.82) is 15.8 Å². The standard InChI is InChI=1S/C51H25N5O2/c52-26-29-17-18-31(55-42-13-5-1-9-33(42)35-19-21-46-48(50(35)55)37-11-3-7-15-44(37)57-46)24-39(29)40-25-32(23-30(27-53)41(40)28-54)56-43-14-6-2-10-34(43)36-20-22-47-49(51(36)56)38-12-4-8-16-45(38)58-47/h1-25H. The quantitative estimate of drug-likeness (QED) is 0.179. The van der Waals surface area contributed by atoms with Gasteiger partial charge in [0.05, 0.1) is 55.6 Å². The molecule has 7 heteroatoms. The van der Waals surface area contributed by atoms with Crippen LogP contribution in [0.4, 0.5) is 0 Å². The molecule has 0 saturated carbocycles. The monoisotopic (exact) mass is 739 g/mol. The number of para-hydroxylation sites is 4. The van der Waals surface area contributed by atoms with Crippen molar-refractivity contribution in [2.45, 2.75) is 0 Å². The average molecular weight is 740 g/mol. The Hall–Kier alpha value is -8.57. The fourth-order valence-electron chi connectivity index (χ4n) is 9.24. The fraction of sp³-hybridized carbons (Fsp3) is 0. The van der Waals surface area contributed by atoms with Gasteiger partial charge in [0.1, 0.15) is 34.5 Å². The van der Waals surface area contributed by atoms with Crippen LogP contribution in [0.1, 0.15) is 16.7 Å². The van der Waals surface area contributed by atoms with Gasteiger partial charge >= 0.3 is 0 Å². The van der Waals surface area contributed by atoms with Crippen molar-refractivity contribution in [3.63, 3.8) is 0 Å². The van der Waals surface area contributed by atoms with E-state index in [1.807, 2.05) is 91.0 Å². The molecule has 0 fully saturated rings. The van der Waals surface area contributed by atoms with E-state index in [0.717, 1.165) is 93.2 Å². The van der Waals surface area contributed by atoms with Gasteiger partial charge in [0.2, 0.25) is 0 Å². The van der Waals surface area contributed by atoms with Crippen LogP contribution in [0, 0.1) is 34.0 Å². The van der Waals surface area contributed by atoms with E-state index in [2.05, 4.69) is 75.9 Å². The highest BCUT2D eigenvalue weighted by Gasteiger charge is 2.24. The molecule has 0 radical (unpaired) electrons. The minimum atomic E-state index is 0.199. The van der Waals surface area contributed by atoms with Gasteiger partial charge in [0, 0.05) is 54.8 Å². The first-order valence-electron chi connectivity index (χ1n) is 18.9. The van der Waals surface area contributed by atoms with Crippen LogP contribution in [0.2, 0.25) is 0 Å². The number of nitrogens with zero attached hydrogens (tertiary/aromatic N) is 5. The van der Waals surface area contributed by atoms with Crippen molar-refractivity contribution >= 4 is 87.5 Å². The summed E-state index contributed by atoms with van der Waals surface area (Å²) in [7, 11) is 0. The summed E-state index contributed by atoms with van der Waals surface area (Å²) in [5.41, 5.74) is 10.2. The highest BCUT2D eigenvalue weighted by Crippen LogP contribution is 2.44. The predicted octanol–water partition coefficient (Wildman–Crippen LogP) is 13.0. The second kappa shape index (κ2) is 11.7. The lowest BCUT2D eigenvalue weighted by molar-refractivity contribution is 0.669. The maximum absolute atomic E-state index is 10.8. The van der Waals surface area contributed by atoms with Crippen LogP contribution in [0.15, 0.2) is 160 Å². The van der Waals surface area contributed by atoms with E-state index in [4.69, 9.17) is 8.83 Å². The third-order valence-corrected chi connectivity index (χ3v) is 11.6. The average Bonchev–Trinajstić information content (AvgIpc) is 4.03. The summed E-state index contributed by atoms with van der Waals surface area (Å²) in [6.07, 6.45) is 0. The number of nitriles is 3. The van der Waals surface area contributed by atoms with Crippen LogP contribution in [-0.2, 0) is 0 Å². The molecule has 0 unspecified atom stereocenters. The lowest BCUT2D eigenvalue weighted by Crippen LogP contribution is -2.01. The van der Waals surface area contributed by atoms with Gasteiger partial charge in [-0.15, -0.1) is 0 Å².